The maximum Gasteiger partial charge on any atom is 0.124 e. The van der Waals surface area contributed by atoms with E-state index in [-0.39, 0.29) is 6.04 Å². The smallest absolute Gasteiger partial charge is 0.124 e. The van der Waals surface area contributed by atoms with Crippen LogP contribution in [0.5, 0.6) is 0 Å². The fourth-order valence-corrected chi connectivity index (χ4v) is 2.07. The van der Waals surface area contributed by atoms with Crippen molar-refractivity contribution in [2.24, 2.45) is 0 Å². The number of para-hydroxylation sites is 2. The number of rotatable bonds is 6. The largest absolute Gasteiger partial charge is 0.341 e. The maximum atomic E-state index is 4.63. The zero-order valence-corrected chi connectivity index (χ0v) is 10.8. The predicted molar refractivity (Wildman–Crippen MR) is 76.5 cm³/mol. The van der Waals surface area contributed by atoms with Crippen molar-refractivity contribution < 1.29 is 0 Å². The van der Waals surface area contributed by atoms with Crippen LogP contribution in [0.3, 0.4) is 0 Å². The second-order valence-corrected chi connectivity index (χ2v) is 4.35. The molecule has 94 valence electrons. The van der Waals surface area contributed by atoms with Gasteiger partial charge in [-0.1, -0.05) is 24.3 Å². The van der Waals surface area contributed by atoms with E-state index in [1.165, 1.54) is 0 Å². The quantitative estimate of drug-likeness (QED) is 0.787. The minimum absolute atomic E-state index is 0.216. The summed E-state index contributed by atoms with van der Waals surface area (Å²) in [7, 11) is 0. The fourth-order valence-electron chi connectivity index (χ4n) is 2.07. The molecular weight excluding hydrogens is 222 g/mol. The van der Waals surface area contributed by atoms with Crippen molar-refractivity contribution in [2.75, 3.05) is 13.1 Å². The molecule has 3 heteroatoms. The van der Waals surface area contributed by atoms with Crippen molar-refractivity contribution in [2.45, 2.75) is 13.0 Å². The van der Waals surface area contributed by atoms with E-state index in [4.69, 9.17) is 0 Å². The molecule has 0 aliphatic carbocycles. The highest BCUT2D eigenvalue weighted by molar-refractivity contribution is 5.74. The van der Waals surface area contributed by atoms with Crippen molar-refractivity contribution >= 4 is 11.0 Å². The number of hydrogen-bond donors (Lipinski definition) is 1. The highest BCUT2D eigenvalue weighted by Crippen LogP contribution is 2.20. The SMILES string of the molecule is C=CCN(CC=C)C(C)c1nc2ccccc2[nH]1. The van der Waals surface area contributed by atoms with Crippen LogP contribution in [0.1, 0.15) is 18.8 Å². The van der Waals surface area contributed by atoms with Crippen LogP contribution in [-0.4, -0.2) is 28.0 Å². The second kappa shape index (κ2) is 5.65. The zero-order chi connectivity index (χ0) is 13.0. The molecule has 1 aromatic heterocycles. The van der Waals surface area contributed by atoms with Crippen LogP contribution in [0.2, 0.25) is 0 Å². The maximum absolute atomic E-state index is 4.63. The molecule has 2 rings (SSSR count). The van der Waals surface area contributed by atoms with Crippen LogP contribution < -0.4 is 0 Å². The third-order valence-corrected chi connectivity index (χ3v) is 3.08. The Bertz CT molecular complexity index is 498. The van der Waals surface area contributed by atoms with Crippen molar-refractivity contribution in [3.05, 3.63) is 55.4 Å². The van der Waals surface area contributed by atoms with Gasteiger partial charge in [0.15, 0.2) is 0 Å². The number of nitrogens with one attached hydrogen (secondary N) is 1. The number of H-pyrrole nitrogens is 1. The Hall–Kier alpha value is -1.87. The first-order valence-corrected chi connectivity index (χ1v) is 6.16. The van der Waals surface area contributed by atoms with E-state index >= 15 is 0 Å². The molecule has 0 radical (unpaired) electrons. The topological polar surface area (TPSA) is 31.9 Å². The summed E-state index contributed by atoms with van der Waals surface area (Å²) in [5.41, 5.74) is 2.09. The van der Waals surface area contributed by atoms with E-state index < -0.39 is 0 Å². The molecule has 1 heterocycles. The van der Waals surface area contributed by atoms with Crippen molar-refractivity contribution in [3.8, 4) is 0 Å². The van der Waals surface area contributed by atoms with Crippen LogP contribution in [0.15, 0.2) is 49.6 Å². The van der Waals surface area contributed by atoms with Crippen molar-refractivity contribution in [3.63, 3.8) is 0 Å². The van der Waals surface area contributed by atoms with Gasteiger partial charge in [-0.3, -0.25) is 4.90 Å². The number of benzene rings is 1. The summed E-state index contributed by atoms with van der Waals surface area (Å²) < 4.78 is 0. The predicted octanol–water partition coefficient (Wildman–Crippen LogP) is 3.30. The van der Waals surface area contributed by atoms with Gasteiger partial charge in [-0.15, -0.1) is 13.2 Å². The Morgan fingerprint density at radius 1 is 1.28 bits per heavy atom. The Balaban J connectivity index is 2.27. The lowest BCUT2D eigenvalue weighted by atomic mass is 10.2. The van der Waals surface area contributed by atoms with E-state index in [1.807, 2.05) is 36.4 Å². The van der Waals surface area contributed by atoms with E-state index in [9.17, 15) is 0 Å². The summed E-state index contributed by atoms with van der Waals surface area (Å²) in [5, 5.41) is 0. The van der Waals surface area contributed by atoms with Crippen LogP contribution in [0.4, 0.5) is 0 Å². The molecule has 3 nitrogen and oxygen atoms in total. The zero-order valence-electron chi connectivity index (χ0n) is 10.8. The van der Waals surface area contributed by atoms with Gasteiger partial charge in [-0.2, -0.15) is 0 Å². The molecular formula is C15H19N3. The standard InChI is InChI=1S/C15H19N3/c1-4-10-18(11-5-2)12(3)15-16-13-8-6-7-9-14(13)17-15/h4-9,12H,1-2,10-11H2,3H3,(H,16,17). The fraction of sp³-hybridized carbons (Fsp3) is 0.267. The van der Waals surface area contributed by atoms with Gasteiger partial charge >= 0.3 is 0 Å². The van der Waals surface area contributed by atoms with E-state index in [0.29, 0.717) is 0 Å². The Morgan fingerprint density at radius 2 is 1.94 bits per heavy atom. The van der Waals surface area contributed by atoms with Crippen molar-refractivity contribution in [1.82, 2.24) is 14.9 Å². The number of aromatic amines is 1. The summed E-state index contributed by atoms with van der Waals surface area (Å²) in [5.74, 6) is 0.986. The molecule has 0 aliphatic rings. The number of fused-ring (bicyclic) bond motifs is 1. The summed E-state index contributed by atoms with van der Waals surface area (Å²) in [6, 6.07) is 8.30. The molecule has 0 fully saturated rings. The highest BCUT2D eigenvalue weighted by atomic mass is 15.2. The third-order valence-electron chi connectivity index (χ3n) is 3.08. The molecule has 0 spiro atoms. The van der Waals surface area contributed by atoms with Gasteiger partial charge in [-0.25, -0.2) is 4.98 Å². The number of nitrogens with zero attached hydrogens (tertiary/aromatic N) is 2. The Labute approximate surface area is 108 Å². The average molecular weight is 241 g/mol. The van der Waals surface area contributed by atoms with Gasteiger partial charge in [0.2, 0.25) is 0 Å². The molecule has 0 bridgehead atoms. The van der Waals surface area contributed by atoms with Crippen LogP contribution in [-0.2, 0) is 0 Å². The first-order valence-electron chi connectivity index (χ1n) is 6.16. The second-order valence-electron chi connectivity index (χ2n) is 4.35. The molecule has 0 amide bonds. The van der Waals surface area contributed by atoms with Gasteiger partial charge in [-0.05, 0) is 19.1 Å². The number of imidazole rings is 1. The Kier molecular flexibility index (Phi) is 3.95. The minimum Gasteiger partial charge on any atom is -0.341 e. The summed E-state index contributed by atoms with van der Waals surface area (Å²) in [6.45, 7) is 11.4. The molecule has 18 heavy (non-hydrogen) atoms. The van der Waals surface area contributed by atoms with Crippen LogP contribution >= 0.6 is 0 Å². The third kappa shape index (κ3) is 2.51. The van der Waals surface area contributed by atoms with Gasteiger partial charge in [0, 0.05) is 13.1 Å². The summed E-state index contributed by atoms with van der Waals surface area (Å²) >= 11 is 0. The molecule has 0 aliphatic heterocycles. The van der Waals surface area contributed by atoms with Gasteiger partial charge in [0.1, 0.15) is 5.82 Å². The monoisotopic (exact) mass is 241 g/mol. The molecule has 1 unspecified atom stereocenters. The molecule has 1 aromatic carbocycles. The molecule has 1 atom stereocenters. The lowest BCUT2D eigenvalue weighted by Gasteiger charge is -2.24. The number of hydrogen-bond acceptors (Lipinski definition) is 2. The summed E-state index contributed by atoms with van der Waals surface area (Å²) in [4.78, 5) is 10.3. The van der Waals surface area contributed by atoms with E-state index in [0.717, 1.165) is 29.9 Å². The summed E-state index contributed by atoms with van der Waals surface area (Å²) in [6.07, 6.45) is 3.81. The number of aromatic nitrogens is 2. The van der Waals surface area contributed by atoms with Gasteiger partial charge in [0.05, 0.1) is 17.1 Å². The lowest BCUT2D eigenvalue weighted by molar-refractivity contribution is 0.252. The van der Waals surface area contributed by atoms with Gasteiger partial charge < -0.3 is 4.98 Å². The van der Waals surface area contributed by atoms with Crippen LogP contribution in [0, 0.1) is 0 Å². The highest BCUT2D eigenvalue weighted by Gasteiger charge is 2.16. The first-order chi connectivity index (χ1) is 8.76. The lowest BCUT2D eigenvalue weighted by Crippen LogP contribution is -2.28. The first kappa shape index (κ1) is 12.6. The molecule has 2 aromatic rings. The van der Waals surface area contributed by atoms with E-state index in [1.54, 1.807) is 0 Å². The normalized spacial score (nSPS) is 12.8. The van der Waals surface area contributed by atoms with Crippen molar-refractivity contribution in [1.29, 1.82) is 0 Å². The Morgan fingerprint density at radius 3 is 2.56 bits per heavy atom. The van der Waals surface area contributed by atoms with Gasteiger partial charge in [0.25, 0.3) is 0 Å². The minimum atomic E-state index is 0.216. The molecule has 0 saturated heterocycles. The molecule has 0 saturated carbocycles. The van der Waals surface area contributed by atoms with Crippen LogP contribution in [0.25, 0.3) is 11.0 Å². The molecule has 1 N–H and O–H groups in total. The average Bonchev–Trinajstić information content (AvgIpc) is 2.81. The van der Waals surface area contributed by atoms with E-state index in [2.05, 4.69) is 34.9 Å².